The number of hydrogen-bond donors (Lipinski definition) is 2. The lowest BCUT2D eigenvalue weighted by Gasteiger charge is -2.16. The molecule has 0 fully saturated rings. The number of hydrogen-bond acceptors (Lipinski definition) is 9. The molecule has 2 aromatic carbocycles. The third kappa shape index (κ3) is 3.85. The fourth-order valence-corrected chi connectivity index (χ4v) is 5.66. The Hall–Kier alpha value is -4.32. The molecule has 0 saturated heterocycles. The Morgan fingerprint density at radius 2 is 1.86 bits per heavy atom. The molecule has 2 N–H and O–H groups in total. The molecule has 5 aromatic rings. The van der Waals surface area contributed by atoms with Crippen molar-refractivity contribution < 1.29 is 8.42 Å². The fraction of sp³-hybridized carbons (Fsp3) is 0.208. The average molecular weight is 502 g/mol. The van der Waals surface area contributed by atoms with Crippen molar-refractivity contribution in [2.24, 2.45) is 7.05 Å². The molecule has 0 radical (unpaired) electrons. The smallest absolute Gasteiger partial charge is 0.270 e. The van der Waals surface area contributed by atoms with Gasteiger partial charge in [-0.25, -0.2) is 17.4 Å². The number of aryl methyl sites for hydroxylation is 3. The quantitative estimate of drug-likeness (QED) is 0.359. The summed E-state index contributed by atoms with van der Waals surface area (Å²) in [5.74, 6) is 1.05. The van der Waals surface area contributed by atoms with E-state index in [1.165, 1.54) is 17.5 Å². The molecule has 0 spiro atoms. The molecular formula is C24H23N9O2S. The van der Waals surface area contributed by atoms with Gasteiger partial charge in [-0.05, 0) is 43.0 Å². The van der Waals surface area contributed by atoms with Crippen molar-refractivity contribution in [3.05, 3.63) is 77.7 Å². The molecule has 3 heterocycles. The van der Waals surface area contributed by atoms with Gasteiger partial charge < -0.3 is 10.6 Å². The van der Waals surface area contributed by atoms with Gasteiger partial charge in [0.1, 0.15) is 6.33 Å². The van der Waals surface area contributed by atoms with E-state index in [1.54, 1.807) is 42.2 Å². The summed E-state index contributed by atoms with van der Waals surface area (Å²) < 4.78 is 29.6. The number of rotatable bonds is 6. The average Bonchev–Trinajstić information content (AvgIpc) is 3.58. The zero-order valence-electron chi connectivity index (χ0n) is 19.6. The summed E-state index contributed by atoms with van der Waals surface area (Å²) in [4.78, 5) is 13.7. The fourth-order valence-electron chi connectivity index (χ4n) is 4.43. The van der Waals surface area contributed by atoms with Gasteiger partial charge in [0.2, 0.25) is 5.95 Å². The SMILES string of the molecule is Cc1ccc(S(=O)(=O)n2cnc3c(N[C@H]4CCc5ccccc54)nc(Nc4cn(C)nn4)nc32)cc1. The molecule has 1 aliphatic rings. The van der Waals surface area contributed by atoms with Crippen LogP contribution in [0.3, 0.4) is 0 Å². The molecule has 6 rings (SSSR count). The van der Waals surface area contributed by atoms with Crippen LogP contribution in [0.4, 0.5) is 17.6 Å². The summed E-state index contributed by atoms with van der Waals surface area (Å²) in [6, 6.07) is 14.9. The van der Waals surface area contributed by atoms with Gasteiger partial charge in [0.15, 0.2) is 22.8 Å². The van der Waals surface area contributed by atoms with Crippen LogP contribution in [0.5, 0.6) is 0 Å². The lowest BCUT2D eigenvalue weighted by Crippen LogP contribution is -2.14. The lowest BCUT2D eigenvalue weighted by molar-refractivity contribution is 0.588. The number of benzene rings is 2. The van der Waals surface area contributed by atoms with Gasteiger partial charge >= 0.3 is 0 Å². The van der Waals surface area contributed by atoms with Gasteiger partial charge in [-0.15, -0.1) is 5.10 Å². The predicted molar refractivity (Wildman–Crippen MR) is 134 cm³/mol. The molecule has 0 aliphatic heterocycles. The van der Waals surface area contributed by atoms with Crippen LogP contribution in [0.25, 0.3) is 11.2 Å². The monoisotopic (exact) mass is 501 g/mol. The van der Waals surface area contributed by atoms with E-state index in [4.69, 9.17) is 0 Å². The van der Waals surface area contributed by atoms with E-state index in [0.29, 0.717) is 17.2 Å². The zero-order chi connectivity index (χ0) is 24.9. The van der Waals surface area contributed by atoms with E-state index in [9.17, 15) is 8.42 Å². The maximum Gasteiger partial charge on any atom is 0.270 e. The highest BCUT2D eigenvalue weighted by Gasteiger charge is 2.27. The topological polar surface area (TPSA) is 133 Å². The molecule has 0 amide bonds. The summed E-state index contributed by atoms with van der Waals surface area (Å²) in [5.41, 5.74) is 3.96. The van der Waals surface area contributed by atoms with Crippen LogP contribution in [-0.2, 0) is 23.5 Å². The number of nitrogens with zero attached hydrogens (tertiary/aromatic N) is 7. The minimum absolute atomic E-state index is 0.0162. The van der Waals surface area contributed by atoms with Crippen molar-refractivity contribution in [3.8, 4) is 0 Å². The van der Waals surface area contributed by atoms with E-state index in [1.807, 2.05) is 19.1 Å². The van der Waals surface area contributed by atoms with Gasteiger partial charge in [0.25, 0.3) is 10.0 Å². The molecule has 3 aromatic heterocycles. The van der Waals surface area contributed by atoms with Crippen LogP contribution in [0.1, 0.15) is 29.2 Å². The van der Waals surface area contributed by atoms with Crippen LogP contribution in [-0.4, -0.2) is 42.3 Å². The highest BCUT2D eigenvalue weighted by molar-refractivity contribution is 7.90. The van der Waals surface area contributed by atoms with Gasteiger partial charge in [-0.3, -0.25) is 4.68 Å². The summed E-state index contributed by atoms with van der Waals surface area (Å²) in [7, 11) is -2.19. The number of fused-ring (bicyclic) bond motifs is 2. The molecule has 0 saturated carbocycles. The van der Waals surface area contributed by atoms with Crippen molar-refractivity contribution in [1.29, 1.82) is 0 Å². The zero-order valence-corrected chi connectivity index (χ0v) is 20.4. The van der Waals surface area contributed by atoms with Gasteiger partial charge in [-0.1, -0.05) is 47.2 Å². The maximum absolute atomic E-state index is 13.5. The Bertz CT molecular complexity index is 1690. The molecule has 0 bridgehead atoms. The third-order valence-electron chi connectivity index (χ3n) is 6.23. The first kappa shape index (κ1) is 22.2. The normalized spacial score (nSPS) is 15.2. The molecule has 36 heavy (non-hydrogen) atoms. The van der Waals surface area contributed by atoms with Crippen molar-refractivity contribution in [3.63, 3.8) is 0 Å². The Balaban J connectivity index is 1.47. The van der Waals surface area contributed by atoms with Crippen molar-refractivity contribution in [1.82, 2.24) is 33.9 Å². The van der Waals surface area contributed by atoms with Crippen LogP contribution in [0.2, 0.25) is 0 Å². The van der Waals surface area contributed by atoms with Gasteiger partial charge in [0.05, 0.1) is 17.1 Å². The van der Waals surface area contributed by atoms with Crippen molar-refractivity contribution in [2.75, 3.05) is 10.6 Å². The summed E-state index contributed by atoms with van der Waals surface area (Å²) >= 11 is 0. The molecule has 12 heteroatoms. The van der Waals surface area contributed by atoms with Gasteiger partial charge in [-0.2, -0.15) is 9.97 Å². The van der Waals surface area contributed by atoms with Crippen molar-refractivity contribution >= 4 is 38.8 Å². The predicted octanol–water partition coefficient (Wildman–Crippen LogP) is 3.34. The second-order valence-corrected chi connectivity index (χ2v) is 10.6. The Morgan fingerprint density at radius 3 is 2.64 bits per heavy atom. The highest BCUT2D eigenvalue weighted by atomic mass is 32.2. The Kier molecular flexibility index (Phi) is 5.18. The van der Waals surface area contributed by atoms with Crippen molar-refractivity contribution in [2.45, 2.75) is 30.7 Å². The first-order valence-electron chi connectivity index (χ1n) is 11.4. The van der Waals surface area contributed by atoms with Crippen LogP contribution < -0.4 is 10.6 Å². The maximum atomic E-state index is 13.5. The number of nitrogens with one attached hydrogen (secondary N) is 2. The summed E-state index contributed by atoms with van der Waals surface area (Å²) in [6.45, 7) is 1.90. The molecule has 1 atom stereocenters. The second-order valence-electron chi connectivity index (χ2n) is 8.76. The van der Waals surface area contributed by atoms with E-state index in [-0.39, 0.29) is 22.5 Å². The van der Waals surface area contributed by atoms with E-state index in [2.05, 4.69) is 48.0 Å². The molecule has 11 nitrogen and oxygen atoms in total. The number of aromatic nitrogens is 7. The van der Waals surface area contributed by atoms with E-state index in [0.717, 1.165) is 22.4 Å². The Labute approximate surface area is 207 Å². The molecule has 0 unspecified atom stereocenters. The molecule has 1 aliphatic carbocycles. The lowest BCUT2D eigenvalue weighted by atomic mass is 10.1. The third-order valence-corrected chi connectivity index (χ3v) is 7.88. The molecule has 182 valence electrons. The number of anilines is 3. The van der Waals surface area contributed by atoms with E-state index >= 15 is 0 Å². The highest BCUT2D eigenvalue weighted by Crippen LogP contribution is 2.35. The van der Waals surface area contributed by atoms with Gasteiger partial charge in [0, 0.05) is 7.05 Å². The first-order valence-corrected chi connectivity index (χ1v) is 12.9. The summed E-state index contributed by atoms with van der Waals surface area (Å²) in [6.07, 6.45) is 4.78. The number of imidazole rings is 1. The molecular weight excluding hydrogens is 478 g/mol. The first-order chi connectivity index (χ1) is 17.4. The van der Waals surface area contributed by atoms with E-state index < -0.39 is 10.0 Å². The van der Waals surface area contributed by atoms with Crippen LogP contribution in [0.15, 0.2) is 66.0 Å². The minimum atomic E-state index is -3.94. The van der Waals surface area contributed by atoms with Crippen LogP contribution >= 0.6 is 0 Å². The Morgan fingerprint density at radius 1 is 1.06 bits per heavy atom. The standard InChI is InChI=1S/C24H23N9O2S/c1-15-7-10-17(11-8-15)36(34,35)33-14-25-21-22(26-19-12-9-16-5-3-4-6-18(16)19)28-24(29-23(21)33)27-20-13-32(2)31-30-20/h3-8,10-11,13-14,19H,9,12H2,1-2H3,(H2,26,27,28,29)/t19-/m0/s1. The van der Waals surface area contributed by atoms with Crippen LogP contribution in [0, 0.1) is 6.92 Å². The minimum Gasteiger partial charge on any atom is -0.361 e. The largest absolute Gasteiger partial charge is 0.361 e. The summed E-state index contributed by atoms with van der Waals surface area (Å²) in [5, 5.41) is 14.5. The second kappa shape index (κ2) is 8.41.